The average molecular weight is 286 g/mol. The van der Waals surface area contributed by atoms with Crippen molar-refractivity contribution in [2.45, 2.75) is 30.5 Å². The van der Waals surface area contributed by atoms with Crippen molar-refractivity contribution in [1.29, 1.82) is 0 Å². The number of rotatable bonds is 5. The Morgan fingerprint density at radius 2 is 2.05 bits per heavy atom. The lowest BCUT2D eigenvalue weighted by atomic mass is 9.90. The first kappa shape index (κ1) is 14.8. The van der Waals surface area contributed by atoms with Crippen LogP contribution in [0.5, 0.6) is 0 Å². The number of nitrogens with two attached hydrogens (primary N) is 1. The van der Waals surface area contributed by atoms with Gasteiger partial charge in [-0.05, 0) is 42.6 Å². The van der Waals surface area contributed by atoms with E-state index in [0.717, 1.165) is 26.1 Å². The third-order valence-electron chi connectivity index (χ3n) is 3.68. The van der Waals surface area contributed by atoms with Gasteiger partial charge in [0.25, 0.3) is 5.76 Å². The molecule has 1 unspecified atom stereocenters. The molecular weight excluding hydrogens is 266 g/mol. The molecule has 2 N–H and O–H groups in total. The molecule has 0 spiro atoms. The summed E-state index contributed by atoms with van der Waals surface area (Å²) in [5.74, 6) is -2.35. The van der Waals surface area contributed by atoms with E-state index in [0.29, 0.717) is 23.2 Å². The zero-order chi connectivity index (χ0) is 13.9. The summed E-state index contributed by atoms with van der Waals surface area (Å²) < 4.78 is 24.4. The van der Waals surface area contributed by atoms with E-state index in [1.54, 1.807) is 12.1 Å². The van der Waals surface area contributed by atoms with Gasteiger partial charge in [0.05, 0.1) is 0 Å². The Balaban J connectivity index is 1.90. The van der Waals surface area contributed by atoms with Gasteiger partial charge in [-0.25, -0.2) is 0 Å². The monoisotopic (exact) mass is 286 g/mol. The van der Waals surface area contributed by atoms with Crippen LogP contribution in [0.2, 0.25) is 0 Å². The van der Waals surface area contributed by atoms with Crippen LogP contribution in [0.4, 0.5) is 8.78 Å². The van der Waals surface area contributed by atoms with Crippen LogP contribution >= 0.6 is 11.8 Å². The first-order valence-corrected chi connectivity index (χ1v) is 7.35. The highest BCUT2D eigenvalue weighted by Gasteiger charge is 2.32. The molecule has 106 valence electrons. The molecule has 1 aliphatic heterocycles. The van der Waals surface area contributed by atoms with Crippen molar-refractivity contribution >= 4 is 11.8 Å². The number of hydrogen-bond acceptors (Lipinski definition) is 3. The summed E-state index contributed by atoms with van der Waals surface area (Å²) in [5, 5.41) is 0. The molecule has 1 heterocycles. The smallest absolute Gasteiger partial charge is 0.288 e. The first-order valence-electron chi connectivity index (χ1n) is 6.47. The Labute approximate surface area is 117 Å². The van der Waals surface area contributed by atoms with Gasteiger partial charge >= 0.3 is 0 Å². The van der Waals surface area contributed by atoms with E-state index >= 15 is 0 Å². The molecule has 0 radical (unpaired) electrons. The van der Waals surface area contributed by atoms with E-state index in [2.05, 4.69) is 11.8 Å². The zero-order valence-corrected chi connectivity index (χ0v) is 11.9. The molecule has 0 aliphatic carbocycles. The highest BCUT2D eigenvalue weighted by atomic mass is 32.2. The molecule has 0 bridgehead atoms. The lowest BCUT2D eigenvalue weighted by Gasteiger charge is -2.22. The van der Waals surface area contributed by atoms with E-state index < -0.39 is 5.76 Å². The normalized spacial score (nSPS) is 24.3. The van der Waals surface area contributed by atoms with Crippen LogP contribution in [0.3, 0.4) is 0 Å². The Kier molecular flexibility index (Phi) is 4.81. The van der Waals surface area contributed by atoms with Gasteiger partial charge in [0, 0.05) is 18.0 Å². The fourth-order valence-corrected chi connectivity index (χ4v) is 2.96. The van der Waals surface area contributed by atoms with E-state index in [9.17, 15) is 8.78 Å². The molecule has 1 fully saturated rings. The maximum absolute atomic E-state index is 12.2. The topological polar surface area (TPSA) is 29.3 Å². The Morgan fingerprint density at radius 1 is 1.37 bits per heavy atom. The summed E-state index contributed by atoms with van der Waals surface area (Å²) in [6.07, 6.45) is 1.13. The van der Waals surface area contributed by atoms with Gasteiger partial charge in [-0.15, -0.1) is 0 Å². The van der Waals surface area contributed by atoms with Crippen LogP contribution in [0.1, 0.15) is 18.9 Å². The minimum Gasteiger partial charge on any atom is -0.330 e. The summed E-state index contributed by atoms with van der Waals surface area (Å²) in [4.78, 5) is 2.99. The number of halogens is 2. The number of hydrogen-bond donors (Lipinski definition) is 1. The number of alkyl halides is 2. The summed E-state index contributed by atoms with van der Waals surface area (Å²) >= 11 is 0.590. The summed E-state index contributed by atoms with van der Waals surface area (Å²) in [7, 11) is 0. The van der Waals surface area contributed by atoms with Crippen LogP contribution < -0.4 is 5.73 Å². The maximum Gasteiger partial charge on any atom is 0.288 e. The lowest BCUT2D eigenvalue weighted by Crippen LogP contribution is -2.31. The molecule has 0 amide bonds. The van der Waals surface area contributed by atoms with Gasteiger partial charge < -0.3 is 5.73 Å². The van der Waals surface area contributed by atoms with Crippen molar-refractivity contribution in [1.82, 2.24) is 4.90 Å². The van der Waals surface area contributed by atoms with Gasteiger partial charge in [0.15, 0.2) is 0 Å². The molecule has 0 saturated carbocycles. The molecular formula is C14H20F2N2S. The predicted molar refractivity (Wildman–Crippen MR) is 75.4 cm³/mol. The van der Waals surface area contributed by atoms with Gasteiger partial charge in [-0.2, -0.15) is 8.78 Å². The van der Waals surface area contributed by atoms with Gasteiger partial charge in [-0.3, -0.25) is 4.90 Å². The van der Waals surface area contributed by atoms with Gasteiger partial charge in [-0.1, -0.05) is 30.8 Å². The lowest BCUT2D eigenvalue weighted by molar-refractivity contribution is 0.252. The molecule has 1 aromatic rings. The maximum atomic E-state index is 12.2. The largest absolute Gasteiger partial charge is 0.330 e. The number of nitrogens with zero attached hydrogens (tertiary/aromatic N) is 1. The average Bonchev–Trinajstić information content (AvgIpc) is 2.74. The number of likely N-dealkylation sites (tertiary alicyclic amines) is 1. The minimum absolute atomic E-state index is 0.228. The van der Waals surface area contributed by atoms with Crippen molar-refractivity contribution in [2.75, 3.05) is 19.6 Å². The van der Waals surface area contributed by atoms with E-state index in [1.807, 2.05) is 12.1 Å². The van der Waals surface area contributed by atoms with Gasteiger partial charge in [0.1, 0.15) is 0 Å². The van der Waals surface area contributed by atoms with E-state index in [-0.39, 0.29) is 5.41 Å². The zero-order valence-electron chi connectivity index (χ0n) is 11.1. The van der Waals surface area contributed by atoms with E-state index in [1.165, 1.54) is 5.56 Å². The summed E-state index contributed by atoms with van der Waals surface area (Å²) in [5.41, 5.74) is 7.18. The molecule has 2 nitrogen and oxygen atoms in total. The molecule has 2 rings (SSSR count). The molecule has 1 atom stereocenters. The third kappa shape index (κ3) is 4.16. The molecule has 5 heteroatoms. The molecule has 1 aliphatic rings. The fraction of sp³-hybridized carbons (Fsp3) is 0.571. The van der Waals surface area contributed by atoms with Gasteiger partial charge in [0.2, 0.25) is 0 Å². The SMILES string of the molecule is CC1(CN)CCN(Cc2ccc(SC(F)F)cc2)C1. The third-order valence-corrected chi connectivity index (χ3v) is 4.41. The quantitative estimate of drug-likeness (QED) is 0.843. The fourth-order valence-electron chi connectivity index (χ4n) is 2.46. The second-order valence-electron chi connectivity index (χ2n) is 5.50. The number of thioether (sulfide) groups is 1. The highest BCUT2D eigenvalue weighted by Crippen LogP contribution is 2.30. The van der Waals surface area contributed by atoms with Crippen LogP contribution in [-0.2, 0) is 6.54 Å². The predicted octanol–water partition coefficient (Wildman–Crippen LogP) is 3.17. The summed E-state index contributed by atoms with van der Waals surface area (Å²) in [6, 6.07) is 7.40. The highest BCUT2D eigenvalue weighted by molar-refractivity contribution is 7.99. The van der Waals surface area contributed by atoms with Crippen molar-refractivity contribution in [3.05, 3.63) is 29.8 Å². The number of benzene rings is 1. The second-order valence-corrected chi connectivity index (χ2v) is 6.56. The Morgan fingerprint density at radius 3 is 2.58 bits per heavy atom. The first-order chi connectivity index (χ1) is 9.00. The molecule has 0 aromatic heterocycles. The van der Waals surface area contributed by atoms with Crippen LogP contribution in [0.15, 0.2) is 29.2 Å². The van der Waals surface area contributed by atoms with Crippen LogP contribution in [0.25, 0.3) is 0 Å². The Bertz CT molecular complexity index is 410. The van der Waals surface area contributed by atoms with Crippen molar-refractivity contribution in [2.24, 2.45) is 11.1 Å². The van der Waals surface area contributed by atoms with Crippen molar-refractivity contribution < 1.29 is 8.78 Å². The van der Waals surface area contributed by atoms with E-state index in [4.69, 9.17) is 5.73 Å². The van der Waals surface area contributed by atoms with Crippen molar-refractivity contribution in [3.8, 4) is 0 Å². The second kappa shape index (κ2) is 6.20. The van der Waals surface area contributed by atoms with Crippen LogP contribution in [0, 0.1) is 5.41 Å². The molecule has 1 aromatic carbocycles. The Hall–Kier alpha value is -0.650. The molecule has 19 heavy (non-hydrogen) atoms. The minimum atomic E-state index is -2.35. The summed E-state index contributed by atoms with van der Waals surface area (Å²) in [6.45, 7) is 5.87. The standard InChI is InChI=1S/C14H20F2N2S/c1-14(9-17)6-7-18(10-14)8-11-2-4-12(5-3-11)19-13(15)16/h2-5,13H,6-10,17H2,1H3. The van der Waals surface area contributed by atoms with Crippen molar-refractivity contribution in [3.63, 3.8) is 0 Å². The molecule has 1 saturated heterocycles. The van der Waals surface area contributed by atoms with Crippen LogP contribution in [-0.4, -0.2) is 30.3 Å².